The van der Waals surface area contributed by atoms with Crippen LogP contribution >= 0.6 is 0 Å². The van der Waals surface area contributed by atoms with E-state index in [1.165, 1.54) is 5.56 Å². The summed E-state index contributed by atoms with van der Waals surface area (Å²) in [6.45, 7) is 2.07. The number of anilines is 1. The van der Waals surface area contributed by atoms with Crippen molar-refractivity contribution in [1.82, 2.24) is 9.97 Å². The monoisotopic (exact) mass is 375 g/mol. The molecule has 0 saturated carbocycles. The van der Waals surface area contributed by atoms with Gasteiger partial charge in [-0.1, -0.05) is 43.7 Å². The molecule has 0 bridgehead atoms. The SMILES string of the molecule is CCCc1nc(-c2ccc(O)cc2)cnc1NC(=O)CCCc1ccccc1. The van der Waals surface area contributed by atoms with Gasteiger partial charge in [0.15, 0.2) is 5.82 Å². The first-order valence-electron chi connectivity index (χ1n) is 9.65. The van der Waals surface area contributed by atoms with E-state index in [1.54, 1.807) is 30.5 Å². The molecule has 3 aromatic rings. The number of benzene rings is 2. The quantitative estimate of drug-likeness (QED) is 0.595. The summed E-state index contributed by atoms with van der Waals surface area (Å²) in [5, 5.41) is 12.4. The van der Waals surface area contributed by atoms with Gasteiger partial charge in [-0.15, -0.1) is 0 Å². The van der Waals surface area contributed by atoms with Crippen molar-refractivity contribution in [3.63, 3.8) is 0 Å². The molecule has 0 saturated heterocycles. The molecule has 144 valence electrons. The number of phenolic OH excluding ortho intramolecular Hbond substituents is 1. The van der Waals surface area contributed by atoms with Crippen LogP contribution in [0.5, 0.6) is 5.75 Å². The van der Waals surface area contributed by atoms with E-state index < -0.39 is 0 Å². The molecule has 2 aromatic carbocycles. The Bertz CT molecular complexity index is 909. The number of carbonyl (C=O) groups excluding carboxylic acids is 1. The van der Waals surface area contributed by atoms with E-state index in [4.69, 9.17) is 0 Å². The Morgan fingerprint density at radius 2 is 1.79 bits per heavy atom. The molecule has 5 nitrogen and oxygen atoms in total. The molecular weight excluding hydrogens is 350 g/mol. The van der Waals surface area contributed by atoms with Gasteiger partial charge in [-0.3, -0.25) is 4.79 Å². The van der Waals surface area contributed by atoms with Crippen LogP contribution in [0.3, 0.4) is 0 Å². The maximum absolute atomic E-state index is 12.3. The molecule has 0 radical (unpaired) electrons. The fourth-order valence-electron chi connectivity index (χ4n) is 3.01. The van der Waals surface area contributed by atoms with Gasteiger partial charge in [0.1, 0.15) is 5.75 Å². The van der Waals surface area contributed by atoms with Gasteiger partial charge in [0.05, 0.1) is 17.6 Å². The van der Waals surface area contributed by atoms with Crippen LogP contribution in [0.1, 0.15) is 37.4 Å². The van der Waals surface area contributed by atoms with Gasteiger partial charge in [0.2, 0.25) is 5.91 Å². The second-order valence-electron chi connectivity index (χ2n) is 6.73. The molecule has 0 fully saturated rings. The maximum Gasteiger partial charge on any atom is 0.225 e. The normalized spacial score (nSPS) is 10.6. The summed E-state index contributed by atoms with van der Waals surface area (Å²) in [6, 6.07) is 17.0. The van der Waals surface area contributed by atoms with Crippen molar-refractivity contribution in [2.75, 3.05) is 5.32 Å². The minimum absolute atomic E-state index is 0.0417. The van der Waals surface area contributed by atoms with Gasteiger partial charge >= 0.3 is 0 Å². The Kier molecular flexibility index (Phi) is 6.73. The van der Waals surface area contributed by atoms with Gasteiger partial charge in [-0.05, 0) is 49.1 Å². The molecule has 0 aliphatic rings. The Labute approximate surface area is 165 Å². The van der Waals surface area contributed by atoms with Gasteiger partial charge in [-0.25, -0.2) is 9.97 Å². The first-order valence-corrected chi connectivity index (χ1v) is 9.65. The Morgan fingerprint density at radius 3 is 2.50 bits per heavy atom. The second kappa shape index (κ2) is 9.65. The van der Waals surface area contributed by atoms with E-state index in [9.17, 15) is 9.90 Å². The summed E-state index contributed by atoms with van der Waals surface area (Å²) in [7, 11) is 0. The predicted molar refractivity (Wildman–Crippen MR) is 111 cm³/mol. The van der Waals surface area contributed by atoms with Crippen molar-refractivity contribution < 1.29 is 9.90 Å². The van der Waals surface area contributed by atoms with E-state index in [0.29, 0.717) is 12.2 Å². The molecule has 28 heavy (non-hydrogen) atoms. The molecule has 0 unspecified atom stereocenters. The van der Waals surface area contributed by atoms with Crippen molar-refractivity contribution in [1.29, 1.82) is 0 Å². The average molecular weight is 375 g/mol. The topological polar surface area (TPSA) is 75.1 Å². The molecule has 1 aromatic heterocycles. The molecular formula is C23H25N3O2. The number of aryl methyl sites for hydroxylation is 2. The zero-order valence-corrected chi connectivity index (χ0v) is 16.1. The average Bonchev–Trinajstić information content (AvgIpc) is 2.71. The number of rotatable bonds is 8. The molecule has 2 N–H and O–H groups in total. The van der Waals surface area contributed by atoms with Crippen LogP contribution in [0, 0.1) is 0 Å². The van der Waals surface area contributed by atoms with Crippen molar-refractivity contribution in [3.05, 3.63) is 72.1 Å². The number of aromatic nitrogens is 2. The third kappa shape index (κ3) is 5.39. The summed E-state index contributed by atoms with van der Waals surface area (Å²) in [5.41, 5.74) is 3.62. The highest BCUT2D eigenvalue weighted by Crippen LogP contribution is 2.22. The van der Waals surface area contributed by atoms with E-state index >= 15 is 0 Å². The molecule has 0 spiro atoms. The van der Waals surface area contributed by atoms with Crippen LogP contribution < -0.4 is 5.32 Å². The third-order valence-electron chi connectivity index (χ3n) is 4.46. The fourth-order valence-corrected chi connectivity index (χ4v) is 3.01. The number of phenols is 1. The molecule has 1 amide bonds. The van der Waals surface area contributed by atoms with E-state index in [1.807, 2.05) is 18.2 Å². The number of carbonyl (C=O) groups is 1. The van der Waals surface area contributed by atoms with E-state index in [-0.39, 0.29) is 11.7 Å². The largest absolute Gasteiger partial charge is 0.508 e. The summed E-state index contributed by atoms with van der Waals surface area (Å²) < 4.78 is 0. The predicted octanol–water partition coefficient (Wildman–Crippen LogP) is 4.76. The van der Waals surface area contributed by atoms with Gasteiger partial charge in [0.25, 0.3) is 0 Å². The van der Waals surface area contributed by atoms with Gasteiger partial charge in [0, 0.05) is 12.0 Å². The van der Waals surface area contributed by atoms with E-state index in [0.717, 1.165) is 42.6 Å². The van der Waals surface area contributed by atoms with Crippen molar-refractivity contribution >= 4 is 11.7 Å². The Balaban J connectivity index is 1.65. The first-order chi connectivity index (χ1) is 13.7. The number of aromatic hydroxyl groups is 1. The van der Waals surface area contributed by atoms with Crippen molar-refractivity contribution in [2.45, 2.75) is 39.0 Å². The highest BCUT2D eigenvalue weighted by Gasteiger charge is 2.12. The lowest BCUT2D eigenvalue weighted by atomic mass is 10.1. The van der Waals surface area contributed by atoms with Gasteiger partial charge < -0.3 is 10.4 Å². The van der Waals surface area contributed by atoms with Crippen molar-refractivity contribution in [2.24, 2.45) is 0 Å². The zero-order chi connectivity index (χ0) is 19.8. The van der Waals surface area contributed by atoms with Crippen LogP contribution in [-0.2, 0) is 17.6 Å². The molecule has 0 aliphatic carbocycles. The lowest BCUT2D eigenvalue weighted by Gasteiger charge is -2.11. The molecule has 0 aliphatic heterocycles. The number of hydrogen-bond acceptors (Lipinski definition) is 4. The first kappa shape index (κ1) is 19.5. The maximum atomic E-state index is 12.3. The van der Waals surface area contributed by atoms with Gasteiger partial charge in [-0.2, -0.15) is 0 Å². The number of nitrogens with one attached hydrogen (secondary N) is 1. The fraction of sp³-hybridized carbons (Fsp3) is 0.261. The van der Waals surface area contributed by atoms with Crippen LogP contribution in [0.15, 0.2) is 60.8 Å². The van der Waals surface area contributed by atoms with Crippen LogP contribution in [0.25, 0.3) is 11.3 Å². The third-order valence-corrected chi connectivity index (χ3v) is 4.46. The number of amides is 1. The minimum atomic E-state index is -0.0417. The summed E-state index contributed by atoms with van der Waals surface area (Å²) >= 11 is 0. The lowest BCUT2D eigenvalue weighted by molar-refractivity contribution is -0.116. The summed E-state index contributed by atoms with van der Waals surface area (Å²) in [6.07, 6.45) is 5.41. The summed E-state index contributed by atoms with van der Waals surface area (Å²) in [5.74, 6) is 0.707. The summed E-state index contributed by atoms with van der Waals surface area (Å²) in [4.78, 5) is 21.5. The number of nitrogens with zero attached hydrogens (tertiary/aromatic N) is 2. The standard InChI is InChI=1S/C23H25N3O2/c1-2-7-20-23(24-16-21(25-20)18-12-14-19(27)15-13-18)26-22(28)11-6-10-17-8-4-3-5-9-17/h3-5,8-9,12-16,27H,2,6-7,10-11H2,1H3,(H,24,26,28). The smallest absolute Gasteiger partial charge is 0.225 e. The minimum Gasteiger partial charge on any atom is -0.508 e. The Hall–Kier alpha value is -3.21. The Morgan fingerprint density at radius 1 is 1.04 bits per heavy atom. The number of hydrogen-bond donors (Lipinski definition) is 2. The van der Waals surface area contributed by atoms with Crippen LogP contribution in [0.4, 0.5) is 5.82 Å². The molecule has 5 heteroatoms. The molecule has 3 rings (SSSR count). The van der Waals surface area contributed by atoms with E-state index in [2.05, 4.69) is 34.3 Å². The van der Waals surface area contributed by atoms with Crippen LogP contribution in [-0.4, -0.2) is 21.0 Å². The van der Waals surface area contributed by atoms with Crippen molar-refractivity contribution in [3.8, 4) is 17.0 Å². The highest BCUT2D eigenvalue weighted by atomic mass is 16.3. The molecule has 0 atom stereocenters. The highest BCUT2D eigenvalue weighted by molar-refractivity contribution is 5.90. The zero-order valence-electron chi connectivity index (χ0n) is 16.1. The second-order valence-corrected chi connectivity index (χ2v) is 6.73. The molecule has 1 heterocycles. The van der Waals surface area contributed by atoms with Crippen LogP contribution in [0.2, 0.25) is 0 Å². The lowest BCUT2D eigenvalue weighted by Crippen LogP contribution is -2.15.